The molecule has 2 saturated heterocycles. The van der Waals surface area contributed by atoms with Crippen molar-refractivity contribution in [2.75, 3.05) is 36.8 Å². The molecule has 48 heavy (non-hydrogen) atoms. The van der Waals surface area contributed by atoms with Crippen molar-refractivity contribution < 1.29 is 19.8 Å². The second-order valence-corrected chi connectivity index (χ2v) is 13.5. The van der Waals surface area contributed by atoms with E-state index in [0.717, 1.165) is 56.6 Å². The molecule has 4 N–H and O–H groups in total. The second kappa shape index (κ2) is 13.9. The highest BCUT2D eigenvalue weighted by atomic mass is 35.5. The molecule has 1 unspecified atom stereocenters. The number of pyridine rings is 1. The van der Waals surface area contributed by atoms with Crippen LogP contribution >= 0.6 is 23.2 Å². The van der Waals surface area contributed by atoms with Crippen LogP contribution in [0.5, 0.6) is 0 Å². The molecule has 2 fully saturated rings. The summed E-state index contributed by atoms with van der Waals surface area (Å²) in [5.74, 6) is -0.782. The number of amides is 2. The maximum absolute atomic E-state index is 13.4. The first-order valence-corrected chi connectivity index (χ1v) is 17.0. The summed E-state index contributed by atoms with van der Waals surface area (Å²) in [6.07, 6.45) is 4.49. The number of benzene rings is 2. The molecule has 0 bridgehead atoms. The van der Waals surface area contributed by atoms with Crippen LogP contribution in [0.4, 0.5) is 11.4 Å². The predicted octanol–water partition coefficient (Wildman–Crippen LogP) is 5.22. The lowest BCUT2D eigenvalue weighted by Gasteiger charge is -2.31. The summed E-state index contributed by atoms with van der Waals surface area (Å²) in [4.78, 5) is 35.3. The fourth-order valence-corrected chi connectivity index (χ4v) is 7.45. The van der Waals surface area contributed by atoms with Crippen molar-refractivity contribution in [1.82, 2.24) is 24.6 Å². The zero-order chi connectivity index (χ0) is 33.4. The van der Waals surface area contributed by atoms with E-state index in [9.17, 15) is 19.8 Å². The lowest BCUT2D eigenvalue weighted by molar-refractivity contribution is 0.101. The van der Waals surface area contributed by atoms with Crippen molar-refractivity contribution in [1.29, 1.82) is 0 Å². The largest absolute Gasteiger partial charge is 0.392 e. The zero-order valence-corrected chi connectivity index (χ0v) is 27.8. The predicted molar refractivity (Wildman–Crippen MR) is 184 cm³/mol. The van der Waals surface area contributed by atoms with E-state index in [1.165, 1.54) is 0 Å². The van der Waals surface area contributed by atoms with Crippen LogP contribution in [-0.4, -0.2) is 85.0 Å². The molecule has 2 aromatic carbocycles. The number of hydrogen-bond acceptors (Lipinski definition) is 8. The van der Waals surface area contributed by atoms with Gasteiger partial charge >= 0.3 is 0 Å². The Hall–Kier alpha value is -3.84. The third-order valence-electron chi connectivity index (χ3n) is 9.36. The van der Waals surface area contributed by atoms with Gasteiger partial charge in [-0.2, -0.15) is 5.10 Å². The van der Waals surface area contributed by atoms with Crippen molar-refractivity contribution in [2.45, 2.75) is 57.0 Å². The van der Waals surface area contributed by atoms with Gasteiger partial charge in [-0.3, -0.25) is 29.1 Å². The normalized spacial score (nSPS) is 21.3. The Morgan fingerprint density at radius 3 is 2.08 bits per heavy atom. The number of carbonyl (C=O) groups excluding carboxylic acids is 2. The number of likely N-dealkylation sites (tertiary alicyclic amines) is 2. The summed E-state index contributed by atoms with van der Waals surface area (Å²) < 4.78 is 1.90. The standard InChI is InChI=1S/C35H37Cl2N7O4/c36-32-24(4-1-6-26(32)39-34(47)28-10-9-21(17-38-28)18-42-14-11-22(45)19-42)25-5-2-7-27(33(25)37)40-35(48)29-16-31-30(8-3-13-44(31)41-29)43-15-12-23(46)20-43/h1-2,4-7,9-10,16-17,22-23,30,45-46H,3,8,11-15,18-20H2,(H,39,47)(H,40,48)/t22-,23-,30?/m1/s1. The highest BCUT2D eigenvalue weighted by molar-refractivity contribution is 6.40. The van der Waals surface area contributed by atoms with E-state index in [2.05, 4.69) is 30.5 Å². The van der Waals surface area contributed by atoms with Gasteiger partial charge in [-0.05, 0) is 55.5 Å². The van der Waals surface area contributed by atoms with E-state index in [1.54, 1.807) is 48.7 Å². The van der Waals surface area contributed by atoms with Gasteiger partial charge < -0.3 is 20.8 Å². The van der Waals surface area contributed by atoms with Gasteiger partial charge in [0, 0.05) is 56.6 Å². The van der Waals surface area contributed by atoms with Gasteiger partial charge in [0.25, 0.3) is 11.8 Å². The van der Waals surface area contributed by atoms with Crippen LogP contribution in [0.25, 0.3) is 11.1 Å². The van der Waals surface area contributed by atoms with Crippen molar-refractivity contribution in [3.05, 3.63) is 93.5 Å². The quantitative estimate of drug-likeness (QED) is 0.198. The summed E-state index contributed by atoms with van der Waals surface area (Å²) in [6, 6.07) is 16.1. The third-order valence-corrected chi connectivity index (χ3v) is 10.2. The topological polar surface area (TPSA) is 136 Å². The number of aliphatic hydroxyl groups is 2. The van der Waals surface area contributed by atoms with Crippen LogP contribution in [0.3, 0.4) is 0 Å². The third kappa shape index (κ3) is 6.84. The van der Waals surface area contributed by atoms with E-state index in [4.69, 9.17) is 23.2 Å². The average molecular weight is 691 g/mol. The van der Waals surface area contributed by atoms with Crippen molar-refractivity contribution in [3.8, 4) is 11.1 Å². The molecule has 3 aliphatic heterocycles. The fourth-order valence-electron chi connectivity index (χ4n) is 6.90. The monoisotopic (exact) mass is 689 g/mol. The molecule has 3 atom stereocenters. The molecule has 0 aliphatic carbocycles. The number of carbonyl (C=O) groups is 2. The number of rotatable bonds is 8. The number of nitrogens with zero attached hydrogens (tertiary/aromatic N) is 5. The maximum atomic E-state index is 13.4. The molecule has 0 spiro atoms. The Bertz CT molecular complexity index is 1830. The minimum Gasteiger partial charge on any atom is -0.392 e. The Kier molecular flexibility index (Phi) is 9.50. The zero-order valence-electron chi connectivity index (χ0n) is 26.3. The first-order valence-electron chi connectivity index (χ1n) is 16.3. The van der Waals surface area contributed by atoms with Crippen LogP contribution < -0.4 is 10.6 Å². The molecule has 2 aromatic heterocycles. The van der Waals surface area contributed by atoms with Gasteiger partial charge in [0.05, 0.1) is 45.4 Å². The van der Waals surface area contributed by atoms with Gasteiger partial charge in [-0.25, -0.2) is 0 Å². The van der Waals surface area contributed by atoms with Crippen molar-refractivity contribution in [3.63, 3.8) is 0 Å². The van der Waals surface area contributed by atoms with E-state index in [0.29, 0.717) is 57.9 Å². The minimum atomic E-state index is -0.407. The summed E-state index contributed by atoms with van der Waals surface area (Å²) in [6.45, 7) is 4.32. The first-order chi connectivity index (χ1) is 23.2. The molecular weight excluding hydrogens is 653 g/mol. The number of fused-ring (bicyclic) bond motifs is 1. The summed E-state index contributed by atoms with van der Waals surface area (Å²) in [5, 5.41) is 30.8. The molecule has 3 aliphatic rings. The van der Waals surface area contributed by atoms with Gasteiger partial charge in [-0.1, -0.05) is 53.5 Å². The minimum absolute atomic E-state index is 0.123. The molecule has 7 rings (SSSR count). The van der Waals surface area contributed by atoms with Gasteiger partial charge in [0.1, 0.15) is 5.69 Å². The Morgan fingerprint density at radius 1 is 0.812 bits per heavy atom. The molecule has 0 saturated carbocycles. The average Bonchev–Trinajstić information content (AvgIpc) is 3.83. The number of anilines is 2. The molecule has 13 heteroatoms. The molecule has 250 valence electrons. The Balaban J connectivity index is 1.05. The van der Waals surface area contributed by atoms with E-state index < -0.39 is 5.91 Å². The van der Waals surface area contributed by atoms with Crippen LogP contribution in [0.2, 0.25) is 10.0 Å². The highest BCUT2D eigenvalue weighted by Gasteiger charge is 2.33. The SMILES string of the molecule is O=C(Nc1cccc(-c2cccc(NC(=O)c3cc4n(n3)CCCC4N3CC[C@@H](O)C3)c2Cl)c1Cl)c1ccc(CN2CC[C@@H](O)C2)cn1. The number of halogens is 2. The van der Waals surface area contributed by atoms with E-state index >= 15 is 0 Å². The summed E-state index contributed by atoms with van der Waals surface area (Å²) in [7, 11) is 0. The first kappa shape index (κ1) is 32.7. The smallest absolute Gasteiger partial charge is 0.276 e. The summed E-state index contributed by atoms with van der Waals surface area (Å²) >= 11 is 13.7. The van der Waals surface area contributed by atoms with E-state index in [-0.39, 0.29) is 29.9 Å². The second-order valence-electron chi connectivity index (χ2n) is 12.7. The van der Waals surface area contributed by atoms with Crippen molar-refractivity contribution >= 4 is 46.4 Å². The van der Waals surface area contributed by atoms with Gasteiger partial charge in [0.2, 0.25) is 0 Å². The van der Waals surface area contributed by atoms with Crippen LogP contribution in [0.1, 0.15) is 64.0 Å². The number of aliphatic hydroxyl groups excluding tert-OH is 2. The maximum Gasteiger partial charge on any atom is 0.276 e. The molecule has 11 nitrogen and oxygen atoms in total. The molecule has 2 amide bonds. The Labute approximate surface area is 288 Å². The number of aryl methyl sites for hydroxylation is 1. The lowest BCUT2D eigenvalue weighted by atomic mass is 10.0. The fraction of sp³-hybridized carbons (Fsp3) is 0.371. The van der Waals surface area contributed by atoms with Crippen LogP contribution in [0.15, 0.2) is 60.8 Å². The lowest BCUT2D eigenvalue weighted by Crippen LogP contribution is -2.32. The van der Waals surface area contributed by atoms with Gasteiger partial charge in [0.15, 0.2) is 5.69 Å². The molecular formula is C35H37Cl2N7O4. The molecule has 0 radical (unpaired) electrons. The van der Waals surface area contributed by atoms with Gasteiger partial charge in [-0.15, -0.1) is 0 Å². The number of hydrogen-bond donors (Lipinski definition) is 4. The molecule has 5 heterocycles. The highest BCUT2D eigenvalue weighted by Crippen LogP contribution is 2.40. The van der Waals surface area contributed by atoms with Crippen LogP contribution in [0, 0.1) is 0 Å². The number of aromatic nitrogens is 3. The number of nitrogens with one attached hydrogen (secondary N) is 2. The summed E-state index contributed by atoms with van der Waals surface area (Å²) in [5.41, 5.74) is 4.46. The van der Waals surface area contributed by atoms with Crippen molar-refractivity contribution in [2.24, 2.45) is 0 Å². The van der Waals surface area contributed by atoms with Crippen LogP contribution in [-0.2, 0) is 13.1 Å². The Morgan fingerprint density at radius 2 is 1.48 bits per heavy atom. The molecule has 4 aromatic rings. The van der Waals surface area contributed by atoms with E-state index in [1.807, 2.05) is 16.8 Å². The number of β-amino-alcohol motifs (C(OH)–C–C–N with tert-alkyl or cyclic N) is 2.